The van der Waals surface area contributed by atoms with Crippen molar-refractivity contribution in [3.63, 3.8) is 0 Å². The average molecular weight is 395 g/mol. The van der Waals surface area contributed by atoms with Crippen LogP contribution in [-0.2, 0) is 0 Å². The van der Waals surface area contributed by atoms with Crippen LogP contribution in [0.2, 0.25) is 5.02 Å². The molecule has 1 N–H and O–H groups in total. The largest absolute Gasteiger partial charge is 0.347 e. The molecule has 28 heavy (non-hydrogen) atoms. The molecule has 0 atom stereocenters. The summed E-state index contributed by atoms with van der Waals surface area (Å²) in [5.74, 6) is 0.605. The number of aryl methyl sites for hydroxylation is 1. The quantitative estimate of drug-likeness (QED) is 0.680. The zero-order valence-corrected chi connectivity index (χ0v) is 16.6. The van der Waals surface area contributed by atoms with Crippen molar-refractivity contribution < 1.29 is 4.79 Å². The van der Waals surface area contributed by atoms with E-state index in [0.717, 1.165) is 42.5 Å². The standard InChI is InChI=1S/C22H23ClN4O/c1-15-7-5-6-10-19(15)27-21(16-11-13-17(23)14-12-16)25-20(26-27)22(28)24-18-8-3-2-4-9-18/h5-7,10-14,18H,2-4,8-9H2,1H3,(H,24,28). The van der Waals surface area contributed by atoms with Gasteiger partial charge in [0, 0.05) is 16.6 Å². The second-order valence-electron chi connectivity index (χ2n) is 7.27. The summed E-state index contributed by atoms with van der Waals surface area (Å²) in [6, 6.07) is 15.6. The van der Waals surface area contributed by atoms with E-state index in [1.165, 1.54) is 6.42 Å². The van der Waals surface area contributed by atoms with Crippen molar-refractivity contribution in [2.24, 2.45) is 0 Å². The van der Waals surface area contributed by atoms with Gasteiger partial charge in [-0.15, -0.1) is 5.10 Å². The lowest BCUT2D eigenvalue weighted by molar-refractivity contribution is 0.0917. The van der Waals surface area contributed by atoms with Gasteiger partial charge in [-0.1, -0.05) is 49.1 Å². The van der Waals surface area contributed by atoms with Crippen molar-refractivity contribution in [2.45, 2.75) is 45.1 Å². The lowest BCUT2D eigenvalue weighted by atomic mass is 9.95. The molecule has 6 heteroatoms. The molecule has 1 heterocycles. The summed E-state index contributed by atoms with van der Waals surface area (Å²) in [6.07, 6.45) is 5.61. The summed E-state index contributed by atoms with van der Waals surface area (Å²) < 4.78 is 1.74. The number of amides is 1. The highest BCUT2D eigenvalue weighted by Crippen LogP contribution is 2.25. The van der Waals surface area contributed by atoms with Crippen LogP contribution in [0.3, 0.4) is 0 Å². The fourth-order valence-corrected chi connectivity index (χ4v) is 3.79. The Bertz CT molecular complexity index is 974. The van der Waals surface area contributed by atoms with Crippen LogP contribution >= 0.6 is 11.6 Å². The highest BCUT2D eigenvalue weighted by Gasteiger charge is 2.22. The van der Waals surface area contributed by atoms with Crippen molar-refractivity contribution in [1.29, 1.82) is 0 Å². The first-order chi connectivity index (χ1) is 13.6. The Morgan fingerprint density at radius 2 is 1.79 bits per heavy atom. The molecule has 1 aliphatic carbocycles. The van der Waals surface area contributed by atoms with Crippen LogP contribution in [0.1, 0.15) is 48.3 Å². The van der Waals surface area contributed by atoms with E-state index in [2.05, 4.69) is 15.4 Å². The molecule has 0 bridgehead atoms. The van der Waals surface area contributed by atoms with E-state index < -0.39 is 0 Å². The van der Waals surface area contributed by atoms with Crippen molar-refractivity contribution in [1.82, 2.24) is 20.1 Å². The van der Waals surface area contributed by atoms with Crippen LogP contribution in [0.25, 0.3) is 17.1 Å². The summed E-state index contributed by atoms with van der Waals surface area (Å²) in [4.78, 5) is 17.4. The SMILES string of the molecule is Cc1ccccc1-n1nc(C(=O)NC2CCCCC2)nc1-c1ccc(Cl)cc1. The maximum absolute atomic E-state index is 12.8. The molecule has 0 aliphatic heterocycles. The van der Waals surface area contributed by atoms with Gasteiger partial charge in [0.1, 0.15) is 0 Å². The van der Waals surface area contributed by atoms with E-state index in [-0.39, 0.29) is 17.8 Å². The highest BCUT2D eigenvalue weighted by molar-refractivity contribution is 6.30. The minimum atomic E-state index is -0.213. The van der Waals surface area contributed by atoms with Crippen LogP contribution in [0.5, 0.6) is 0 Å². The molecule has 0 radical (unpaired) electrons. The van der Waals surface area contributed by atoms with Gasteiger partial charge in [-0.3, -0.25) is 4.79 Å². The van der Waals surface area contributed by atoms with Gasteiger partial charge in [0.05, 0.1) is 5.69 Å². The predicted molar refractivity (Wildman–Crippen MR) is 111 cm³/mol. The lowest BCUT2D eigenvalue weighted by Crippen LogP contribution is -2.36. The third-order valence-electron chi connectivity index (χ3n) is 5.20. The fraction of sp³-hybridized carbons (Fsp3) is 0.318. The number of carbonyl (C=O) groups excluding carboxylic acids is 1. The van der Waals surface area contributed by atoms with E-state index in [9.17, 15) is 4.79 Å². The Morgan fingerprint density at radius 1 is 1.07 bits per heavy atom. The van der Waals surface area contributed by atoms with Crippen LogP contribution in [0.15, 0.2) is 48.5 Å². The van der Waals surface area contributed by atoms with Gasteiger partial charge in [0.25, 0.3) is 5.91 Å². The number of hydrogen-bond acceptors (Lipinski definition) is 3. The molecule has 3 aromatic rings. The summed E-state index contributed by atoms with van der Waals surface area (Å²) in [6.45, 7) is 2.02. The summed E-state index contributed by atoms with van der Waals surface area (Å²) in [5.41, 5.74) is 2.82. The van der Waals surface area contributed by atoms with Gasteiger partial charge < -0.3 is 5.32 Å². The first kappa shape index (κ1) is 18.7. The van der Waals surface area contributed by atoms with Crippen molar-refractivity contribution >= 4 is 17.5 Å². The first-order valence-corrected chi connectivity index (χ1v) is 10.1. The Balaban J connectivity index is 1.72. The molecule has 1 amide bonds. The van der Waals surface area contributed by atoms with Gasteiger partial charge in [-0.25, -0.2) is 9.67 Å². The molecule has 144 valence electrons. The fourth-order valence-electron chi connectivity index (χ4n) is 3.66. The molecule has 0 saturated heterocycles. The molecule has 1 fully saturated rings. The van der Waals surface area contributed by atoms with Crippen molar-refractivity contribution in [3.05, 3.63) is 64.9 Å². The summed E-state index contributed by atoms with van der Waals surface area (Å²) >= 11 is 6.04. The Labute approximate surface area is 169 Å². The number of hydrogen-bond donors (Lipinski definition) is 1. The number of aromatic nitrogens is 3. The number of para-hydroxylation sites is 1. The van der Waals surface area contributed by atoms with Gasteiger partial charge in [-0.05, 0) is 55.7 Å². The second kappa shape index (κ2) is 8.15. The van der Waals surface area contributed by atoms with Crippen LogP contribution in [0.4, 0.5) is 0 Å². The zero-order valence-electron chi connectivity index (χ0n) is 15.9. The predicted octanol–water partition coefficient (Wildman–Crippen LogP) is 4.96. The van der Waals surface area contributed by atoms with Crippen LogP contribution in [-0.4, -0.2) is 26.7 Å². The molecule has 1 aromatic heterocycles. The van der Waals surface area contributed by atoms with E-state index in [1.54, 1.807) is 4.68 Å². The number of rotatable bonds is 4. The normalized spacial score (nSPS) is 14.8. The average Bonchev–Trinajstić information content (AvgIpc) is 3.15. The number of halogens is 1. The number of carbonyl (C=O) groups is 1. The highest BCUT2D eigenvalue weighted by atomic mass is 35.5. The van der Waals surface area contributed by atoms with E-state index >= 15 is 0 Å². The van der Waals surface area contributed by atoms with Crippen molar-refractivity contribution in [3.8, 4) is 17.1 Å². The second-order valence-corrected chi connectivity index (χ2v) is 7.71. The third kappa shape index (κ3) is 3.94. The van der Waals surface area contributed by atoms with Gasteiger partial charge in [-0.2, -0.15) is 0 Å². The molecule has 4 rings (SSSR count). The molecular weight excluding hydrogens is 372 g/mol. The molecule has 2 aromatic carbocycles. The minimum absolute atomic E-state index is 0.193. The van der Waals surface area contributed by atoms with Gasteiger partial charge in [0.15, 0.2) is 5.82 Å². The van der Waals surface area contributed by atoms with Crippen LogP contribution in [0, 0.1) is 6.92 Å². The number of nitrogens with zero attached hydrogens (tertiary/aromatic N) is 3. The molecule has 0 unspecified atom stereocenters. The van der Waals surface area contributed by atoms with E-state index in [0.29, 0.717) is 10.8 Å². The molecule has 5 nitrogen and oxygen atoms in total. The zero-order chi connectivity index (χ0) is 19.5. The molecule has 0 spiro atoms. The number of benzene rings is 2. The van der Waals surface area contributed by atoms with Gasteiger partial charge in [0.2, 0.25) is 5.82 Å². The summed E-state index contributed by atoms with van der Waals surface area (Å²) in [5, 5.41) is 8.32. The smallest absolute Gasteiger partial charge is 0.291 e. The molecular formula is C22H23ClN4O. The van der Waals surface area contributed by atoms with Gasteiger partial charge >= 0.3 is 0 Å². The van der Waals surface area contributed by atoms with E-state index in [1.807, 2.05) is 55.5 Å². The Morgan fingerprint density at radius 3 is 2.50 bits per heavy atom. The Hall–Kier alpha value is -2.66. The third-order valence-corrected chi connectivity index (χ3v) is 5.45. The van der Waals surface area contributed by atoms with E-state index in [4.69, 9.17) is 11.6 Å². The maximum Gasteiger partial charge on any atom is 0.291 e. The first-order valence-electron chi connectivity index (χ1n) is 9.72. The minimum Gasteiger partial charge on any atom is -0.347 e. The number of nitrogens with one attached hydrogen (secondary N) is 1. The molecule has 1 saturated carbocycles. The summed E-state index contributed by atoms with van der Waals surface area (Å²) in [7, 11) is 0. The van der Waals surface area contributed by atoms with Crippen molar-refractivity contribution in [2.75, 3.05) is 0 Å². The molecule has 1 aliphatic rings. The monoisotopic (exact) mass is 394 g/mol. The Kier molecular flexibility index (Phi) is 5.44. The lowest BCUT2D eigenvalue weighted by Gasteiger charge is -2.21. The topological polar surface area (TPSA) is 59.8 Å². The van der Waals surface area contributed by atoms with Crippen LogP contribution < -0.4 is 5.32 Å². The maximum atomic E-state index is 12.8.